The Hall–Kier alpha value is -2.25. The van der Waals surface area contributed by atoms with Crippen molar-refractivity contribution >= 4 is 5.69 Å². The maximum atomic E-state index is 11.7. The summed E-state index contributed by atoms with van der Waals surface area (Å²) in [6.07, 6.45) is 1.60. The third-order valence-corrected chi connectivity index (χ3v) is 2.09. The Morgan fingerprint density at radius 3 is 2.88 bits per heavy atom. The van der Waals surface area contributed by atoms with Gasteiger partial charge in [0.15, 0.2) is 5.82 Å². The summed E-state index contributed by atoms with van der Waals surface area (Å²) in [5, 5.41) is 18.5. The molecule has 90 valence electrons. The van der Waals surface area contributed by atoms with Gasteiger partial charge in [-0.05, 0) is 12.1 Å². The second-order valence-corrected chi connectivity index (χ2v) is 3.47. The summed E-state index contributed by atoms with van der Waals surface area (Å²) in [5.74, 6) is 0.457. The van der Waals surface area contributed by atoms with Crippen LogP contribution in [0.25, 0.3) is 0 Å². The van der Waals surface area contributed by atoms with Crippen molar-refractivity contribution in [3.05, 3.63) is 28.4 Å². The van der Waals surface area contributed by atoms with Crippen LogP contribution in [-0.4, -0.2) is 36.5 Å². The van der Waals surface area contributed by atoms with E-state index < -0.39 is 0 Å². The van der Waals surface area contributed by atoms with Gasteiger partial charge in [0.1, 0.15) is 6.54 Å². The van der Waals surface area contributed by atoms with E-state index >= 15 is 0 Å². The molecule has 0 aliphatic heterocycles. The summed E-state index contributed by atoms with van der Waals surface area (Å²) < 4.78 is 1.29. The normalized spacial score (nSPS) is 10.5. The summed E-state index contributed by atoms with van der Waals surface area (Å²) in [6.45, 7) is 2.92. The molecule has 2 heterocycles. The van der Waals surface area contributed by atoms with Crippen LogP contribution in [0.15, 0.2) is 17.1 Å². The molecule has 8 heteroatoms. The molecule has 8 nitrogen and oxygen atoms in total. The van der Waals surface area contributed by atoms with Crippen molar-refractivity contribution in [1.82, 2.24) is 30.0 Å². The van der Waals surface area contributed by atoms with E-state index in [1.54, 1.807) is 13.2 Å². The van der Waals surface area contributed by atoms with Crippen LogP contribution in [0.2, 0.25) is 0 Å². The highest BCUT2D eigenvalue weighted by atomic mass is 16.1. The number of aryl methyl sites for hydroxylation is 1. The van der Waals surface area contributed by atoms with E-state index in [9.17, 15) is 4.79 Å². The molecule has 0 amide bonds. The summed E-state index contributed by atoms with van der Waals surface area (Å²) in [5.41, 5.74) is 0.511. The van der Waals surface area contributed by atoms with Crippen LogP contribution in [0, 0.1) is 0 Å². The standard InChI is InChI=1S/C9H13N7O/c1-3-10-7-4-9(17)16(11-5-7)6-8-12-14-15(2)13-8/h4-5,10H,3,6H2,1-2H3. The predicted octanol–water partition coefficient (Wildman–Crippen LogP) is -0.753. The minimum atomic E-state index is -0.198. The monoisotopic (exact) mass is 235 g/mol. The van der Waals surface area contributed by atoms with Gasteiger partial charge in [-0.15, -0.1) is 10.2 Å². The molecule has 0 atom stereocenters. The molecule has 0 unspecified atom stereocenters. The molecule has 0 saturated carbocycles. The van der Waals surface area contributed by atoms with Crippen molar-refractivity contribution in [2.75, 3.05) is 11.9 Å². The van der Waals surface area contributed by atoms with Crippen LogP contribution >= 0.6 is 0 Å². The maximum absolute atomic E-state index is 11.7. The molecule has 0 radical (unpaired) electrons. The van der Waals surface area contributed by atoms with Gasteiger partial charge < -0.3 is 5.32 Å². The number of tetrazole rings is 1. The zero-order valence-corrected chi connectivity index (χ0v) is 9.66. The minimum Gasteiger partial charge on any atom is -0.384 e. The van der Waals surface area contributed by atoms with Crippen molar-refractivity contribution in [3.8, 4) is 0 Å². The number of hydrogen-bond acceptors (Lipinski definition) is 6. The first-order chi connectivity index (χ1) is 8.19. The van der Waals surface area contributed by atoms with E-state index in [-0.39, 0.29) is 12.1 Å². The molecule has 2 aromatic rings. The van der Waals surface area contributed by atoms with E-state index in [0.717, 1.165) is 6.54 Å². The Morgan fingerprint density at radius 2 is 2.29 bits per heavy atom. The molecule has 0 spiro atoms. The van der Waals surface area contributed by atoms with Gasteiger partial charge in [0.05, 0.1) is 18.9 Å². The van der Waals surface area contributed by atoms with E-state index in [1.165, 1.54) is 15.5 Å². The second kappa shape index (κ2) is 4.73. The Balaban J connectivity index is 2.19. The molecule has 0 saturated heterocycles. The first-order valence-electron chi connectivity index (χ1n) is 5.23. The molecule has 0 aliphatic carbocycles. The van der Waals surface area contributed by atoms with E-state index in [1.807, 2.05) is 6.92 Å². The van der Waals surface area contributed by atoms with Crippen LogP contribution in [-0.2, 0) is 13.6 Å². The smallest absolute Gasteiger partial charge is 0.269 e. The van der Waals surface area contributed by atoms with E-state index in [2.05, 4.69) is 25.8 Å². The fraction of sp³-hybridized carbons (Fsp3) is 0.444. The number of aromatic nitrogens is 6. The molecule has 2 aromatic heterocycles. The number of anilines is 1. The molecule has 0 bridgehead atoms. The van der Waals surface area contributed by atoms with E-state index in [0.29, 0.717) is 11.5 Å². The lowest BCUT2D eigenvalue weighted by molar-refractivity contribution is 0.601. The number of nitrogens with one attached hydrogen (secondary N) is 1. The fourth-order valence-electron chi connectivity index (χ4n) is 1.37. The van der Waals surface area contributed by atoms with Crippen LogP contribution in [0.4, 0.5) is 5.69 Å². The van der Waals surface area contributed by atoms with Crippen molar-refractivity contribution in [2.45, 2.75) is 13.5 Å². The van der Waals surface area contributed by atoms with E-state index in [4.69, 9.17) is 0 Å². The number of rotatable bonds is 4. The fourth-order valence-corrected chi connectivity index (χ4v) is 1.37. The third-order valence-electron chi connectivity index (χ3n) is 2.09. The van der Waals surface area contributed by atoms with Crippen LogP contribution in [0.3, 0.4) is 0 Å². The Morgan fingerprint density at radius 1 is 1.47 bits per heavy atom. The highest BCUT2D eigenvalue weighted by Crippen LogP contribution is 1.98. The van der Waals surface area contributed by atoms with Gasteiger partial charge in [0.25, 0.3) is 5.56 Å². The minimum absolute atomic E-state index is 0.198. The largest absolute Gasteiger partial charge is 0.384 e. The van der Waals surface area contributed by atoms with Crippen LogP contribution in [0.5, 0.6) is 0 Å². The maximum Gasteiger partial charge on any atom is 0.269 e. The molecule has 2 rings (SSSR count). The quantitative estimate of drug-likeness (QED) is 0.749. The Kier molecular flexibility index (Phi) is 3.12. The van der Waals surface area contributed by atoms with Gasteiger partial charge in [-0.3, -0.25) is 4.79 Å². The van der Waals surface area contributed by atoms with Gasteiger partial charge in [-0.2, -0.15) is 9.90 Å². The first-order valence-corrected chi connectivity index (χ1v) is 5.23. The molecule has 0 aromatic carbocycles. The summed E-state index contributed by atoms with van der Waals surface area (Å²) >= 11 is 0. The van der Waals surface area contributed by atoms with Gasteiger partial charge >= 0.3 is 0 Å². The van der Waals surface area contributed by atoms with Gasteiger partial charge in [-0.1, -0.05) is 0 Å². The summed E-state index contributed by atoms with van der Waals surface area (Å²) in [7, 11) is 1.67. The topological polar surface area (TPSA) is 90.5 Å². The highest BCUT2D eigenvalue weighted by Gasteiger charge is 2.05. The Bertz CT molecular complexity index is 558. The first kappa shape index (κ1) is 11.2. The lowest BCUT2D eigenvalue weighted by Gasteiger charge is -2.04. The number of nitrogens with zero attached hydrogens (tertiary/aromatic N) is 6. The highest BCUT2D eigenvalue weighted by molar-refractivity contribution is 5.38. The zero-order chi connectivity index (χ0) is 12.3. The SMILES string of the molecule is CCNc1cnn(Cc2nnn(C)n2)c(=O)c1. The van der Waals surface area contributed by atoms with Crippen molar-refractivity contribution in [2.24, 2.45) is 7.05 Å². The van der Waals surface area contributed by atoms with Crippen LogP contribution in [0.1, 0.15) is 12.7 Å². The zero-order valence-electron chi connectivity index (χ0n) is 9.66. The molecule has 0 aliphatic rings. The average Bonchev–Trinajstić information content (AvgIpc) is 2.69. The molecule has 17 heavy (non-hydrogen) atoms. The average molecular weight is 235 g/mol. The molecule has 1 N–H and O–H groups in total. The molecule has 0 fully saturated rings. The van der Waals surface area contributed by atoms with Crippen LogP contribution < -0.4 is 10.9 Å². The van der Waals surface area contributed by atoms with Crippen molar-refractivity contribution < 1.29 is 0 Å². The van der Waals surface area contributed by atoms with Crippen molar-refractivity contribution in [1.29, 1.82) is 0 Å². The van der Waals surface area contributed by atoms with Gasteiger partial charge in [0, 0.05) is 12.6 Å². The predicted molar refractivity (Wildman–Crippen MR) is 60.6 cm³/mol. The summed E-state index contributed by atoms with van der Waals surface area (Å²) in [6, 6.07) is 1.49. The lowest BCUT2D eigenvalue weighted by Crippen LogP contribution is -2.23. The lowest BCUT2D eigenvalue weighted by atomic mass is 10.4. The third kappa shape index (κ3) is 2.65. The van der Waals surface area contributed by atoms with Gasteiger partial charge in [0.2, 0.25) is 0 Å². The summed E-state index contributed by atoms with van der Waals surface area (Å²) in [4.78, 5) is 13.0. The van der Waals surface area contributed by atoms with Gasteiger partial charge in [-0.25, -0.2) is 4.68 Å². The molecular weight excluding hydrogens is 222 g/mol. The Labute approximate surface area is 97.3 Å². The second-order valence-electron chi connectivity index (χ2n) is 3.47. The van der Waals surface area contributed by atoms with Crippen molar-refractivity contribution in [3.63, 3.8) is 0 Å². The molecular formula is C9H13N7O. The number of hydrogen-bond donors (Lipinski definition) is 1.